The van der Waals surface area contributed by atoms with E-state index >= 15 is 0 Å². The number of aliphatic hydroxyl groups is 1. The first-order chi connectivity index (χ1) is 9.62. The van der Waals surface area contributed by atoms with Crippen LogP contribution in [0.2, 0.25) is 0 Å². The van der Waals surface area contributed by atoms with Crippen LogP contribution < -0.4 is 10.1 Å². The van der Waals surface area contributed by atoms with E-state index in [1.54, 1.807) is 4.90 Å². The molecule has 0 atom stereocenters. The van der Waals surface area contributed by atoms with Gasteiger partial charge >= 0.3 is 6.03 Å². The third kappa shape index (κ3) is 4.74. The van der Waals surface area contributed by atoms with Gasteiger partial charge in [0.25, 0.3) is 0 Å². The van der Waals surface area contributed by atoms with Crippen molar-refractivity contribution in [1.29, 1.82) is 0 Å². The predicted octanol–water partition coefficient (Wildman–Crippen LogP) is 2.63. The molecule has 1 aromatic rings. The fraction of sp³-hybridized carbons (Fsp3) is 0.533. The molecule has 0 unspecified atom stereocenters. The maximum Gasteiger partial charge on any atom is 0.321 e. The van der Waals surface area contributed by atoms with Crippen LogP contribution in [0.3, 0.4) is 0 Å². The molecule has 0 bridgehead atoms. The number of benzene rings is 1. The van der Waals surface area contributed by atoms with Crippen LogP contribution in [0.4, 0.5) is 10.5 Å². The van der Waals surface area contributed by atoms with Crippen molar-refractivity contribution in [3.8, 4) is 5.75 Å². The van der Waals surface area contributed by atoms with Crippen LogP contribution in [-0.4, -0.2) is 42.3 Å². The SMILES string of the molecule is CCCN(CCO)C(=O)Nc1ccc(OCC)c(C)c1. The number of nitrogens with one attached hydrogen (secondary N) is 1. The molecule has 1 rings (SSSR count). The molecule has 112 valence electrons. The second-order valence-corrected chi connectivity index (χ2v) is 4.55. The fourth-order valence-corrected chi connectivity index (χ4v) is 1.95. The number of ether oxygens (including phenoxy) is 1. The molecule has 5 heteroatoms. The molecule has 0 aliphatic heterocycles. The van der Waals surface area contributed by atoms with Gasteiger partial charge in [0.05, 0.1) is 13.2 Å². The van der Waals surface area contributed by atoms with Gasteiger partial charge in [-0.05, 0) is 44.0 Å². The van der Waals surface area contributed by atoms with Crippen LogP contribution in [0, 0.1) is 6.92 Å². The Bertz CT molecular complexity index is 429. The molecule has 0 saturated heterocycles. The number of carbonyl (C=O) groups excluding carboxylic acids is 1. The zero-order chi connectivity index (χ0) is 15.0. The largest absolute Gasteiger partial charge is 0.494 e. The number of carbonyl (C=O) groups is 1. The van der Waals surface area contributed by atoms with Gasteiger partial charge in [-0.15, -0.1) is 0 Å². The average molecular weight is 280 g/mol. The summed E-state index contributed by atoms with van der Waals surface area (Å²) in [6.07, 6.45) is 0.857. The van der Waals surface area contributed by atoms with Crippen LogP contribution in [0.1, 0.15) is 25.8 Å². The van der Waals surface area contributed by atoms with Crippen molar-refractivity contribution in [3.05, 3.63) is 23.8 Å². The third-order valence-electron chi connectivity index (χ3n) is 2.88. The molecule has 0 aliphatic rings. The van der Waals surface area contributed by atoms with Gasteiger partial charge in [0.1, 0.15) is 5.75 Å². The number of aliphatic hydroxyl groups excluding tert-OH is 1. The number of rotatable bonds is 7. The summed E-state index contributed by atoms with van der Waals surface area (Å²) in [6, 6.07) is 5.36. The van der Waals surface area contributed by atoms with E-state index in [4.69, 9.17) is 9.84 Å². The zero-order valence-electron chi connectivity index (χ0n) is 12.5. The Morgan fingerprint density at radius 2 is 2.10 bits per heavy atom. The Balaban J connectivity index is 2.71. The summed E-state index contributed by atoms with van der Waals surface area (Å²) < 4.78 is 5.47. The molecular formula is C15H24N2O3. The standard InChI is InChI=1S/C15H24N2O3/c1-4-8-17(9-10-18)15(19)16-13-6-7-14(20-5-2)12(3)11-13/h6-7,11,18H,4-5,8-10H2,1-3H3,(H,16,19). The quantitative estimate of drug-likeness (QED) is 0.807. The number of hydrogen-bond acceptors (Lipinski definition) is 3. The van der Waals surface area contributed by atoms with Gasteiger partial charge in [0.2, 0.25) is 0 Å². The Morgan fingerprint density at radius 1 is 1.35 bits per heavy atom. The van der Waals surface area contributed by atoms with E-state index in [0.29, 0.717) is 19.7 Å². The first kappa shape index (κ1) is 16.3. The molecule has 2 amide bonds. The third-order valence-corrected chi connectivity index (χ3v) is 2.88. The molecular weight excluding hydrogens is 256 g/mol. The second kappa shape index (κ2) is 8.43. The fourth-order valence-electron chi connectivity index (χ4n) is 1.95. The van der Waals surface area contributed by atoms with Gasteiger partial charge in [-0.3, -0.25) is 0 Å². The Morgan fingerprint density at radius 3 is 2.65 bits per heavy atom. The lowest BCUT2D eigenvalue weighted by atomic mass is 10.2. The van der Waals surface area contributed by atoms with Crippen LogP contribution in [0.25, 0.3) is 0 Å². The van der Waals surface area contributed by atoms with Crippen molar-refractivity contribution in [1.82, 2.24) is 4.90 Å². The van der Waals surface area contributed by atoms with Crippen LogP contribution in [0.15, 0.2) is 18.2 Å². The van der Waals surface area contributed by atoms with Crippen molar-refractivity contribution < 1.29 is 14.6 Å². The molecule has 0 heterocycles. The lowest BCUT2D eigenvalue weighted by Gasteiger charge is -2.21. The number of amides is 2. The number of hydrogen-bond donors (Lipinski definition) is 2. The summed E-state index contributed by atoms with van der Waals surface area (Å²) in [5.74, 6) is 0.825. The Labute approximate surface area is 120 Å². The van der Waals surface area contributed by atoms with E-state index in [0.717, 1.165) is 23.4 Å². The molecule has 0 saturated carbocycles. The van der Waals surface area contributed by atoms with E-state index in [9.17, 15) is 4.79 Å². The first-order valence-electron chi connectivity index (χ1n) is 7.02. The van der Waals surface area contributed by atoms with Crippen molar-refractivity contribution in [3.63, 3.8) is 0 Å². The number of anilines is 1. The predicted molar refractivity (Wildman–Crippen MR) is 80.3 cm³/mol. The van der Waals surface area contributed by atoms with Gasteiger partial charge < -0.3 is 20.1 Å². The smallest absolute Gasteiger partial charge is 0.321 e. The van der Waals surface area contributed by atoms with Gasteiger partial charge in [0.15, 0.2) is 0 Å². The molecule has 0 aromatic heterocycles. The summed E-state index contributed by atoms with van der Waals surface area (Å²) in [6.45, 7) is 7.44. The van der Waals surface area contributed by atoms with Crippen molar-refractivity contribution in [2.24, 2.45) is 0 Å². The van der Waals surface area contributed by atoms with Crippen LogP contribution in [-0.2, 0) is 0 Å². The van der Waals surface area contributed by atoms with Crippen LogP contribution in [0.5, 0.6) is 5.75 Å². The normalized spacial score (nSPS) is 10.2. The molecule has 1 aromatic carbocycles. The van der Waals surface area contributed by atoms with E-state index in [1.807, 2.05) is 39.0 Å². The van der Waals surface area contributed by atoms with E-state index < -0.39 is 0 Å². The van der Waals surface area contributed by atoms with Gasteiger partial charge in [-0.25, -0.2) is 4.79 Å². The minimum absolute atomic E-state index is 0.0320. The maximum absolute atomic E-state index is 12.1. The lowest BCUT2D eigenvalue weighted by Crippen LogP contribution is -2.37. The minimum atomic E-state index is -0.190. The maximum atomic E-state index is 12.1. The minimum Gasteiger partial charge on any atom is -0.494 e. The topological polar surface area (TPSA) is 61.8 Å². The summed E-state index contributed by atoms with van der Waals surface area (Å²) in [5, 5.41) is 11.8. The molecule has 0 radical (unpaired) electrons. The Kier molecular flexibility index (Phi) is 6.87. The molecule has 0 spiro atoms. The first-order valence-corrected chi connectivity index (χ1v) is 7.02. The molecule has 0 fully saturated rings. The van der Waals surface area contributed by atoms with E-state index in [1.165, 1.54) is 0 Å². The van der Waals surface area contributed by atoms with E-state index in [-0.39, 0.29) is 12.6 Å². The second-order valence-electron chi connectivity index (χ2n) is 4.55. The highest BCUT2D eigenvalue weighted by Crippen LogP contribution is 2.22. The lowest BCUT2D eigenvalue weighted by molar-refractivity contribution is 0.188. The average Bonchev–Trinajstić information content (AvgIpc) is 2.42. The monoisotopic (exact) mass is 280 g/mol. The molecule has 0 aliphatic carbocycles. The highest BCUT2D eigenvalue weighted by Gasteiger charge is 2.12. The molecule has 2 N–H and O–H groups in total. The van der Waals surface area contributed by atoms with E-state index in [2.05, 4.69) is 5.32 Å². The molecule has 5 nitrogen and oxygen atoms in total. The zero-order valence-corrected chi connectivity index (χ0v) is 12.5. The highest BCUT2D eigenvalue weighted by molar-refractivity contribution is 5.89. The summed E-state index contributed by atoms with van der Waals surface area (Å²) >= 11 is 0. The van der Waals surface area contributed by atoms with Crippen LogP contribution >= 0.6 is 0 Å². The van der Waals surface area contributed by atoms with Gasteiger partial charge in [-0.2, -0.15) is 0 Å². The number of aryl methyl sites for hydroxylation is 1. The molecule has 20 heavy (non-hydrogen) atoms. The number of urea groups is 1. The summed E-state index contributed by atoms with van der Waals surface area (Å²) in [5.41, 5.74) is 1.71. The van der Waals surface area contributed by atoms with Crippen molar-refractivity contribution in [2.75, 3.05) is 31.6 Å². The van der Waals surface area contributed by atoms with Gasteiger partial charge in [-0.1, -0.05) is 6.92 Å². The summed E-state index contributed by atoms with van der Waals surface area (Å²) in [4.78, 5) is 13.7. The van der Waals surface area contributed by atoms with Crippen molar-refractivity contribution >= 4 is 11.7 Å². The van der Waals surface area contributed by atoms with Gasteiger partial charge in [0, 0.05) is 18.8 Å². The van der Waals surface area contributed by atoms with Crippen molar-refractivity contribution in [2.45, 2.75) is 27.2 Å². The Hall–Kier alpha value is -1.75. The number of nitrogens with zero attached hydrogens (tertiary/aromatic N) is 1. The summed E-state index contributed by atoms with van der Waals surface area (Å²) in [7, 11) is 0. The highest BCUT2D eigenvalue weighted by atomic mass is 16.5.